The van der Waals surface area contributed by atoms with Gasteiger partial charge in [0.05, 0.1) is 14.2 Å². The normalized spacial score (nSPS) is 37.1. The minimum Gasteiger partial charge on any atom is -0.502 e. The molecule has 3 fully saturated rings. The van der Waals surface area contributed by atoms with Crippen LogP contribution in [-0.4, -0.2) is 86.2 Å². The van der Waals surface area contributed by atoms with Gasteiger partial charge in [-0.1, -0.05) is 0 Å². The number of rotatable bonds is 6. The zero-order valence-electron chi connectivity index (χ0n) is 23.8. The van der Waals surface area contributed by atoms with Crippen LogP contribution in [0.15, 0.2) is 24.3 Å². The predicted molar refractivity (Wildman–Crippen MR) is 137 cm³/mol. The molecule has 0 amide bonds. The summed E-state index contributed by atoms with van der Waals surface area (Å²) in [5, 5.41) is 22.0. The molecule has 3 saturated heterocycles. The van der Waals surface area contributed by atoms with Gasteiger partial charge < -0.3 is 5.11 Å². The average molecular weight is 841 g/mol. The van der Waals surface area contributed by atoms with E-state index < -0.39 is 83.8 Å². The summed E-state index contributed by atoms with van der Waals surface area (Å²) in [5.41, 5.74) is 2.08. The van der Waals surface area contributed by atoms with Crippen molar-refractivity contribution in [1.29, 1.82) is 0 Å². The first-order valence-corrected chi connectivity index (χ1v) is 17.2. The second-order valence-corrected chi connectivity index (χ2v) is 15.2. The number of fused-ring (bicyclic) bond motifs is 4. The van der Waals surface area contributed by atoms with Gasteiger partial charge in [-0.3, -0.25) is 0 Å². The van der Waals surface area contributed by atoms with Crippen LogP contribution in [0.3, 0.4) is 0 Å². The molecule has 0 saturated carbocycles. The summed E-state index contributed by atoms with van der Waals surface area (Å²) < 4.78 is 61.5. The molecule has 0 spiro atoms. The summed E-state index contributed by atoms with van der Waals surface area (Å²) in [6.45, 7) is 2.06. The Bertz CT molecular complexity index is 1430. The number of aliphatic hydroxyl groups excluding tert-OH is 1. The Hall–Kier alpha value is -1.87. The van der Waals surface area contributed by atoms with Crippen molar-refractivity contribution in [2.45, 2.75) is 51.3 Å². The molecule has 1 radical (unpaired) electrons. The van der Waals surface area contributed by atoms with Gasteiger partial charge in [0.25, 0.3) is 0 Å². The first-order valence-electron chi connectivity index (χ1n) is 14.0. The summed E-state index contributed by atoms with van der Waals surface area (Å²) >= 11 is 0.559. The van der Waals surface area contributed by atoms with Gasteiger partial charge in [-0.15, -0.1) is 0 Å². The van der Waals surface area contributed by atoms with Crippen LogP contribution < -0.4 is 63.2 Å². The van der Waals surface area contributed by atoms with Crippen LogP contribution in [0.5, 0.6) is 28.7 Å². The number of cyclic esters (lactones) is 1. The summed E-state index contributed by atoms with van der Waals surface area (Å²) in [4.78, 5) is 13.5. The smallest absolute Gasteiger partial charge is 0.502 e. The van der Waals surface area contributed by atoms with Crippen LogP contribution >= 0.6 is 0 Å². The third-order valence-electron chi connectivity index (χ3n) is 8.82. The second kappa shape index (κ2) is 11.7. The number of phenolic OH excluding ortho intramolecular Hbond substituents is 1. The maximum absolute atomic E-state index is 13.5. The van der Waals surface area contributed by atoms with E-state index in [2.05, 4.69) is 0 Å². The molecule has 5 aliphatic rings. The molecule has 0 bridgehead atoms. The monoisotopic (exact) mass is 841 g/mol. The van der Waals surface area contributed by atoms with Crippen LogP contribution in [-0.2, 0) is 28.5 Å². The first kappa shape index (κ1) is 30.8. The van der Waals surface area contributed by atoms with E-state index in [0.717, 1.165) is 0 Å². The maximum atomic E-state index is 13.5. The van der Waals surface area contributed by atoms with Gasteiger partial charge in [-0.25, -0.2) is 0 Å². The fourth-order valence-corrected chi connectivity index (χ4v) is 8.88. The zero-order chi connectivity index (χ0) is 30.9. The van der Waals surface area contributed by atoms with Crippen LogP contribution in [0.4, 0.5) is 0 Å². The Morgan fingerprint density at radius 3 is 2.36 bits per heavy atom. The fraction of sp³-hybridized carbons (Fsp3) is 0.552. The molecule has 7 rings (SSSR count). The van der Waals surface area contributed by atoms with Gasteiger partial charge in [0.2, 0.25) is 0 Å². The van der Waals surface area contributed by atoms with E-state index in [1.54, 1.807) is 19.1 Å². The van der Waals surface area contributed by atoms with E-state index in [0.29, 0.717) is 28.2 Å². The number of benzene rings is 2. The summed E-state index contributed by atoms with van der Waals surface area (Å²) in [7, 11) is 2.87. The first-order chi connectivity index (χ1) is 21.1. The Labute approximate surface area is 276 Å². The van der Waals surface area contributed by atoms with Gasteiger partial charge in [0.15, 0.2) is 0 Å². The SMILES string of the molecule is COc1cc([C@@H]2c3cc4c(cc3C(OC3OC5CO[C@](C)([I-])O[C@H]5C([I-]O)[C@H]3O)[C@H]3COC(=O)C23)OCO4)cc(OC)c1O. The van der Waals surface area contributed by atoms with Crippen LogP contribution in [0.25, 0.3) is 0 Å². The van der Waals surface area contributed by atoms with Crippen molar-refractivity contribution in [1.82, 2.24) is 0 Å². The van der Waals surface area contributed by atoms with Crippen molar-refractivity contribution in [3.05, 3.63) is 41.0 Å². The fourth-order valence-electron chi connectivity index (χ4n) is 6.81. The molecule has 13 nitrogen and oxygen atoms in total. The van der Waals surface area contributed by atoms with Crippen molar-refractivity contribution in [3.63, 3.8) is 0 Å². The van der Waals surface area contributed by atoms with E-state index in [4.69, 9.17) is 42.6 Å². The number of phenols is 1. The van der Waals surface area contributed by atoms with E-state index >= 15 is 0 Å². The molecule has 3 N–H and O–H groups in total. The molecule has 4 heterocycles. The molecule has 5 unspecified atom stereocenters. The van der Waals surface area contributed by atoms with Crippen molar-refractivity contribution in [2.75, 3.05) is 34.2 Å². The number of ether oxygens (including phenoxy) is 9. The van der Waals surface area contributed by atoms with Gasteiger partial charge in [0.1, 0.15) is 0 Å². The quantitative estimate of drug-likeness (QED) is 0.145. The standard InChI is InChI=1S/C29H31I2O13/c1-29(30)41-9-19-26(44-29)22(31-35)24(33)28(42-19)43-25-13-7-16-15(39-10-40-16)6-12(13)20(21-14(25)8-38-27(21)34)11-4-17(36-2)23(32)18(5-11)37-3/h4-7,14,19-22,24-26,28,32-33,35H,8-10H2,1-3H3/q-2/t14-,19?,20+,21?,22?,24+,25?,26+,28?,29-/m0/s1. The molecular weight excluding hydrogens is 810 g/mol. The van der Waals surface area contributed by atoms with E-state index in [1.807, 2.05) is 34.7 Å². The molecule has 4 aliphatic heterocycles. The Morgan fingerprint density at radius 1 is 1.02 bits per heavy atom. The summed E-state index contributed by atoms with van der Waals surface area (Å²) in [5.74, 6) is -0.919. The number of carbonyl (C=O) groups is 1. The second-order valence-electron chi connectivity index (χ2n) is 11.3. The molecule has 44 heavy (non-hydrogen) atoms. The number of methoxy groups -OCH3 is 2. The van der Waals surface area contributed by atoms with Crippen molar-refractivity contribution < 1.29 is 105 Å². The van der Waals surface area contributed by atoms with Crippen LogP contribution in [0.2, 0.25) is 0 Å². The minimum absolute atomic E-state index is 0.0370. The number of hydrogen-bond acceptors (Lipinski definition) is 13. The number of esters is 1. The average Bonchev–Trinajstić information content (AvgIpc) is 3.63. The molecule has 2 aromatic carbocycles. The molecule has 0 aromatic heterocycles. The molecule has 241 valence electrons. The van der Waals surface area contributed by atoms with Crippen LogP contribution in [0, 0.1) is 11.8 Å². The molecule has 2 aromatic rings. The molecule has 1 aliphatic carbocycles. The number of hydrogen-bond donors (Lipinski definition) is 3. The van der Waals surface area contributed by atoms with Gasteiger partial charge in [-0.2, -0.15) is 0 Å². The minimum atomic E-state index is -1.48. The molecule has 15 heteroatoms. The topological polar surface area (TPSA) is 161 Å². The number of aliphatic hydroxyl groups is 1. The molecule has 10 atom stereocenters. The van der Waals surface area contributed by atoms with Crippen LogP contribution in [0.1, 0.15) is 35.6 Å². The van der Waals surface area contributed by atoms with Gasteiger partial charge >= 0.3 is 259 Å². The third kappa shape index (κ3) is 5.07. The predicted octanol–water partition coefficient (Wildman–Crippen LogP) is -4.78. The molecular formula is C29H31I2O13-2. The van der Waals surface area contributed by atoms with Gasteiger partial charge in [0, 0.05) is 0 Å². The van der Waals surface area contributed by atoms with Crippen molar-refractivity contribution >= 4 is 5.97 Å². The van der Waals surface area contributed by atoms with E-state index in [9.17, 15) is 18.4 Å². The third-order valence-corrected chi connectivity index (χ3v) is 11.5. The number of halogens is 2. The number of alkyl halides is 2. The van der Waals surface area contributed by atoms with Gasteiger partial charge in [-0.05, 0) is 0 Å². The number of aromatic hydroxyl groups is 1. The summed E-state index contributed by atoms with van der Waals surface area (Å²) in [6, 6.07) is 7.00. The van der Waals surface area contributed by atoms with Crippen molar-refractivity contribution in [3.8, 4) is 28.7 Å². The van der Waals surface area contributed by atoms with E-state index in [1.165, 1.54) is 14.2 Å². The Balaban J connectivity index is 1.31. The number of carbonyl (C=O) groups excluding carboxylic acids is 1. The summed E-state index contributed by atoms with van der Waals surface area (Å²) in [6.07, 6.45) is -4.26. The Morgan fingerprint density at radius 2 is 1.70 bits per heavy atom. The zero-order valence-corrected chi connectivity index (χ0v) is 28.1. The van der Waals surface area contributed by atoms with E-state index in [-0.39, 0.29) is 37.3 Å². The Kier molecular flexibility index (Phi) is 8.21. The van der Waals surface area contributed by atoms with Crippen molar-refractivity contribution in [2.24, 2.45) is 11.8 Å².